The van der Waals surface area contributed by atoms with Gasteiger partial charge in [-0.1, -0.05) is 17.7 Å². The first-order chi connectivity index (χ1) is 14.6. The fourth-order valence-electron chi connectivity index (χ4n) is 3.74. The second-order valence-electron chi connectivity index (χ2n) is 10.6. The zero-order chi connectivity index (χ0) is 24.1. The lowest BCUT2D eigenvalue weighted by molar-refractivity contribution is 0.00578. The second-order valence-corrected chi connectivity index (χ2v) is 11.0. The Kier molecular flexibility index (Phi) is 6.64. The zero-order valence-corrected chi connectivity index (χ0v) is 21.1. The molecule has 2 aliphatic heterocycles. The first-order valence-electron chi connectivity index (χ1n) is 11.1. The maximum atomic E-state index is 13.2. The lowest BCUT2D eigenvalue weighted by Gasteiger charge is -2.40. The smallest absolute Gasteiger partial charge is 0.444 e. The van der Waals surface area contributed by atoms with Crippen molar-refractivity contribution in [1.29, 1.82) is 0 Å². The van der Waals surface area contributed by atoms with Gasteiger partial charge in [-0.3, -0.25) is 4.79 Å². The van der Waals surface area contributed by atoms with Crippen LogP contribution in [0.15, 0.2) is 18.2 Å². The van der Waals surface area contributed by atoms with Crippen LogP contribution in [0.2, 0.25) is 5.02 Å². The number of ether oxygens (including phenoxy) is 1. The summed E-state index contributed by atoms with van der Waals surface area (Å²) in [6.07, 6.45) is -0.355. The van der Waals surface area contributed by atoms with E-state index in [0.29, 0.717) is 35.7 Å². The van der Waals surface area contributed by atoms with Crippen LogP contribution in [0.1, 0.15) is 65.7 Å². The topological polar surface area (TPSA) is 68.3 Å². The molecule has 2 fully saturated rings. The van der Waals surface area contributed by atoms with Crippen LogP contribution >= 0.6 is 11.6 Å². The SMILES string of the molecule is C[C@@H]1CN(C(=O)OC(C)(C)C)CCN1C(=O)c1ccc(B2OC(C)(C)C(C)(C)O2)c(Cl)c1. The zero-order valence-electron chi connectivity index (χ0n) is 20.3. The highest BCUT2D eigenvalue weighted by molar-refractivity contribution is 6.65. The normalized spacial score (nSPS) is 22.8. The predicted molar refractivity (Wildman–Crippen MR) is 125 cm³/mol. The number of piperazine rings is 1. The van der Waals surface area contributed by atoms with E-state index in [-0.39, 0.29) is 18.0 Å². The Morgan fingerprint density at radius 2 is 1.72 bits per heavy atom. The van der Waals surface area contributed by atoms with Crippen molar-refractivity contribution in [1.82, 2.24) is 9.80 Å². The first-order valence-corrected chi connectivity index (χ1v) is 11.4. The van der Waals surface area contributed by atoms with Gasteiger partial charge in [-0.15, -0.1) is 0 Å². The van der Waals surface area contributed by atoms with E-state index in [1.165, 1.54) is 0 Å². The predicted octanol–water partition coefficient (Wildman–Crippen LogP) is 3.72. The second kappa shape index (κ2) is 8.54. The Morgan fingerprint density at radius 1 is 1.12 bits per heavy atom. The molecular weight excluding hydrogens is 431 g/mol. The molecule has 2 heterocycles. The molecule has 0 aromatic heterocycles. The molecule has 32 heavy (non-hydrogen) atoms. The summed E-state index contributed by atoms with van der Waals surface area (Å²) in [6, 6.07) is 5.06. The van der Waals surface area contributed by atoms with Gasteiger partial charge in [0.25, 0.3) is 5.91 Å². The summed E-state index contributed by atoms with van der Waals surface area (Å²) in [5, 5.41) is 0.425. The van der Waals surface area contributed by atoms with E-state index in [1.54, 1.807) is 28.0 Å². The van der Waals surface area contributed by atoms with Crippen LogP contribution in [0.3, 0.4) is 0 Å². The molecule has 0 spiro atoms. The monoisotopic (exact) mass is 464 g/mol. The minimum absolute atomic E-state index is 0.122. The van der Waals surface area contributed by atoms with Crippen molar-refractivity contribution in [3.63, 3.8) is 0 Å². The summed E-state index contributed by atoms with van der Waals surface area (Å²) in [7, 11) is -0.590. The lowest BCUT2D eigenvalue weighted by atomic mass is 9.78. The molecule has 0 N–H and O–H groups in total. The maximum Gasteiger partial charge on any atom is 0.496 e. The molecule has 2 aliphatic rings. The molecule has 0 bridgehead atoms. The van der Waals surface area contributed by atoms with Gasteiger partial charge >= 0.3 is 13.2 Å². The molecule has 1 aromatic carbocycles. The third kappa shape index (κ3) is 5.08. The number of benzene rings is 1. The van der Waals surface area contributed by atoms with Gasteiger partial charge < -0.3 is 23.8 Å². The van der Waals surface area contributed by atoms with Gasteiger partial charge in [-0.05, 0) is 67.5 Å². The van der Waals surface area contributed by atoms with Gasteiger partial charge in [0.2, 0.25) is 0 Å². The Balaban J connectivity index is 1.69. The lowest BCUT2D eigenvalue weighted by Crippen LogP contribution is -2.56. The summed E-state index contributed by atoms with van der Waals surface area (Å²) >= 11 is 6.54. The Labute approximate surface area is 196 Å². The molecule has 3 rings (SSSR count). The molecule has 0 radical (unpaired) electrons. The Morgan fingerprint density at radius 3 is 2.22 bits per heavy atom. The molecule has 176 valence electrons. The number of rotatable bonds is 2. The molecule has 0 saturated carbocycles. The molecular formula is C23H34BClN2O5. The number of nitrogens with zero attached hydrogens (tertiary/aromatic N) is 2. The van der Waals surface area contributed by atoms with E-state index in [4.69, 9.17) is 25.6 Å². The number of hydrogen-bond acceptors (Lipinski definition) is 5. The summed E-state index contributed by atoms with van der Waals surface area (Å²) in [5.74, 6) is -0.122. The first kappa shape index (κ1) is 24.9. The number of hydrogen-bond donors (Lipinski definition) is 0. The standard InChI is InChI=1S/C23H34BClN2O5/c1-15-14-26(20(29)30-21(2,3)4)11-12-27(15)19(28)16-9-10-17(18(25)13-16)24-31-22(5,6)23(7,8)32-24/h9-10,13,15H,11-12,14H2,1-8H3/t15-/m1/s1. The fraction of sp³-hybridized carbons (Fsp3) is 0.652. The van der Waals surface area contributed by atoms with Gasteiger partial charge in [0.1, 0.15) is 5.60 Å². The van der Waals surface area contributed by atoms with Crippen molar-refractivity contribution < 1.29 is 23.6 Å². The molecule has 0 unspecified atom stereocenters. The van der Waals surface area contributed by atoms with Crippen molar-refractivity contribution in [3.05, 3.63) is 28.8 Å². The third-order valence-corrected chi connectivity index (χ3v) is 6.62. The van der Waals surface area contributed by atoms with Crippen LogP contribution in [0.25, 0.3) is 0 Å². The van der Waals surface area contributed by atoms with Crippen molar-refractivity contribution >= 4 is 36.2 Å². The Hall–Kier alpha value is -1.77. The van der Waals surface area contributed by atoms with E-state index >= 15 is 0 Å². The van der Waals surface area contributed by atoms with Crippen LogP contribution < -0.4 is 5.46 Å². The van der Waals surface area contributed by atoms with Crippen molar-refractivity contribution in [2.45, 2.75) is 78.2 Å². The molecule has 1 aromatic rings. The van der Waals surface area contributed by atoms with Crippen molar-refractivity contribution in [2.24, 2.45) is 0 Å². The van der Waals surface area contributed by atoms with Crippen LogP contribution in [-0.2, 0) is 14.0 Å². The highest BCUT2D eigenvalue weighted by atomic mass is 35.5. The Bertz CT molecular complexity index is 883. The van der Waals surface area contributed by atoms with E-state index in [0.717, 1.165) is 0 Å². The van der Waals surface area contributed by atoms with E-state index in [9.17, 15) is 9.59 Å². The highest BCUT2D eigenvalue weighted by Crippen LogP contribution is 2.37. The highest BCUT2D eigenvalue weighted by Gasteiger charge is 2.52. The summed E-state index contributed by atoms with van der Waals surface area (Å²) in [5.41, 5.74) is -0.307. The van der Waals surface area contributed by atoms with E-state index in [1.807, 2.05) is 55.4 Å². The summed E-state index contributed by atoms with van der Waals surface area (Å²) in [6.45, 7) is 16.6. The number of carbonyl (C=O) groups excluding carboxylic acids is 2. The summed E-state index contributed by atoms with van der Waals surface area (Å²) < 4.78 is 17.6. The maximum absolute atomic E-state index is 13.2. The number of amides is 2. The van der Waals surface area contributed by atoms with Gasteiger partial charge in [-0.25, -0.2) is 4.79 Å². The van der Waals surface area contributed by atoms with Crippen LogP contribution in [-0.4, -0.2) is 71.4 Å². The van der Waals surface area contributed by atoms with Gasteiger partial charge in [-0.2, -0.15) is 0 Å². The largest absolute Gasteiger partial charge is 0.496 e. The molecule has 9 heteroatoms. The minimum Gasteiger partial charge on any atom is -0.444 e. The molecule has 2 amide bonds. The fourth-order valence-corrected chi connectivity index (χ4v) is 4.01. The van der Waals surface area contributed by atoms with Crippen molar-refractivity contribution in [2.75, 3.05) is 19.6 Å². The third-order valence-electron chi connectivity index (χ3n) is 6.29. The average Bonchev–Trinajstić information content (AvgIpc) is 2.86. The number of halogens is 1. The molecule has 1 atom stereocenters. The molecule has 7 nitrogen and oxygen atoms in total. The van der Waals surface area contributed by atoms with Crippen LogP contribution in [0, 0.1) is 0 Å². The number of carbonyl (C=O) groups is 2. The van der Waals surface area contributed by atoms with Gasteiger partial charge in [0.15, 0.2) is 0 Å². The molecule has 0 aliphatic carbocycles. The summed E-state index contributed by atoms with van der Waals surface area (Å²) in [4.78, 5) is 29.0. The van der Waals surface area contributed by atoms with Gasteiger partial charge in [0, 0.05) is 41.7 Å². The molecule has 2 saturated heterocycles. The average molecular weight is 465 g/mol. The minimum atomic E-state index is -0.590. The van der Waals surface area contributed by atoms with Crippen LogP contribution in [0.4, 0.5) is 4.79 Å². The van der Waals surface area contributed by atoms with Gasteiger partial charge in [0.05, 0.1) is 11.2 Å². The van der Waals surface area contributed by atoms with Crippen molar-refractivity contribution in [3.8, 4) is 0 Å². The van der Waals surface area contributed by atoms with E-state index < -0.39 is 23.9 Å². The quantitative estimate of drug-likeness (QED) is 0.624. The van der Waals surface area contributed by atoms with Crippen LogP contribution in [0.5, 0.6) is 0 Å². The van der Waals surface area contributed by atoms with E-state index in [2.05, 4.69) is 0 Å².